The molecule has 0 aliphatic rings. The van der Waals surface area contributed by atoms with Crippen molar-refractivity contribution in [3.63, 3.8) is 0 Å². The largest absolute Gasteiger partial charge is 0.480 e. The third-order valence-corrected chi connectivity index (χ3v) is 3.17. The first-order valence-corrected chi connectivity index (χ1v) is 6.67. The van der Waals surface area contributed by atoms with E-state index >= 15 is 0 Å². The van der Waals surface area contributed by atoms with Gasteiger partial charge in [0.15, 0.2) is 0 Å². The molecule has 7 heteroatoms. The summed E-state index contributed by atoms with van der Waals surface area (Å²) in [4.78, 5) is 33.5. The average Bonchev–Trinajstić information content (AvgIpc) is 2.14. The fourth-order valence-electron chi connectivity index (χ4n) is 1.07. The van der Waals surface area contributed by atoms with Crippen molar-refractivity contribution in [2.24, 2.45) is 0 Å². The van der Waals surface area contributed by atoms with E-state index in [0.717, 1.165) is 11.8 Å². The van der Waals surface area contributed by atoms with Crippen LogP contribution in [0, 0.1) is 0 Å². The van der Waals surface area contributed by atoms with Gasteiger partial charge < -0.3 is 10.4 Å². The molecule has 0 aliphatic carbocycles. The van der Waals surface area contributed by atoms with Gasteiger partial charge in [0.2, 0.25) is 5.91 Å². The van der Waals surface area contributed by atoms with Crippen molar-refractivity contribution < 1.29 is 19.5 Å². The van der Waals surface area contributed by atoms with E-state index < -0.39 is 28.7 Å². The molecule has 1 unspecified atom stereocenters. The van der Waals surface area contributed by atoms with Crippen molar-refractivity contribution in [2.45, 2.75) is 44.9 Å². The monoisotopic (exact) mass is 276 g/mol. The first kappa shape index (κ1) is 16.8. The summed E-state index contributed by atoms with van der Waals surface area (Å²) in [5.74, 6) is -1.50. The molecule has 0 aliphatic heterocycles. The van der Waals surface area contributed by atoms with E-state index in [1.54, 1.807) is 27.7 Å². The summed E-state index contributed by atoms with van der Waals surface area (Å²) < 4.78 is 0. The second-order valence-corrected chi connectivity index (χ2v) is 5.99. The first-order chi connectivity index (χ1) is 8.15. The highest BCUT2D eigenvalue weighted by Gasteiger charge is 2.19. The summed E-state index contributed by atoms with van der Waals surface area (Å²) in [6, 6.07) is -0.573. The van der Waals surface area contributed by atoms with Crippen LogP contribution in [0.4, 0.5) is 4.79 Å². The number of urea groups is 1. The Labute approximate surface area is 111 Å². The maximum atomic E-state index is 11.4. The van der Waals surface area contributed by atoms with Gasteiger partial charge in [0.1, 0.15) is 5.25 Å². The highest BCUT2D eigenvalue weighted by molar-refractivity contribution is 8.01. The molecule has 3 N–H and O–H groups in total. The Morgan fingerprint density at radius 3 is 2.22 bits per heavy atom. The van der Waals surface area contributed by atoms with Crippen molar-refractivity contribution in [1.29, 1.82) is 0 Å². The molecule has 1 atom stereocenters. The lowest BCUT2D eigenvalue weighted by atomic mass is 10.1. The molecule has 0 saturated heterocycles. The normalized spacial score (nSPS) is 12.7. The van der Waals surface area contributed by atoms with Crippen LogP contribution in [0.2, 0.25) is 0 Å². The van der Waals surface area contributed by atoms with Gasteiger partial charge in [-0.3, -0.25) is 14.9 Å². The third kappa shape index (κ3) is 7.94. The maximum Gasteiger partial charge on any atom is 0.321 e. The number of aliphatic carboxylic acids is 1. The second kappa shape index (κ2) is 7.25. The van der Waals surface area contributed by atoms with Crippen LogP contribution in [-0.2, 0) is 9.59 Å². The predicted octanol–water partition coefficient (Wildman–Crippen LogP) is 1.21. The number of imide groups is 1. The summed E-state index contributed by atoms with van der Waals surface area (Å²) in [5.41, 5.74) is -0.426. The molecule has 3 amide bonds. The van der Waals surface area contributed by atoms with Gasteiger partial charge in [0.05, 0.1) is 5.75 Å². The number of carboxylic acid groups (broad SMARTS) is 1. The fraction of sp³-hybridized carbons (Fsp3) is 0.727. The second-order valence-electron chi connectivity index (χ2n) is 4.80. The van der Waals surface area contributed by atoms with Crippen LogP contribution in [0.5, 0.6) is 0 Å². The Kier molecular flexibility index (Phi) is 6.75. The van der Waals surface area contributed by atoms with Gasteiger partial charge in [-0.25, -0.2) is 4.79 Å². The van der Waals surface area contributed by atoms with Crippen LogP contribution in [0.25, 0.3) is 0 Å². The van der Waals surface area contributed by atoms with E-state index in [2.05, 4.69) is 10.6 Å². The van der Waals surface area contributed by atoms with Crippen LogP contribution in [0.3, 0.4) is 0 Å². The fourth-order valence-corrected chi connectivity index (χ4v) is 1.88. The number of rotatable bonds is 5. The van der Waals surface area contributed by atoms with E-state index in [1.165, 1.54) is 0 Å². The molecule has 0 rings (SSSR count). The maximum absolute atomic E-state index is 11.4. The van der Waals surface area contributed by atoms with Gasteiger partial charge in [0, 0.05) is 5.54 Å². The molecule has 0 aromatic heterocycles. The van der Waals surface area contributed by atoms with E-state index in [1.807, 2.05) is 0 Å². The average molecular weight is 276 g/mol. The number of carbonyl (C=O) groups is 3. The molecule has 0 heterocycles. The molecule has 0 radical (unpaired) electrons. The van der Waals surface area contributed by atoms with Gasteiger partial charge in [-0.15, -0.1) is 11.8 Å². The summed E-state index contributed by atoms with van der Waals surface area (Å²) >= 11 is 1.01. The summed E-state index contributed by atoms with van der Waals surface area (Å²) in [7, 11) is 0. The molecule has 0 aromatic carbocycles. The topological polar surface area (TPSA) is 95.5 Å². The summed E-state index contributed by atoms with van der Waals surface area (Å²) in [5, 5.41) is 12.9. The third-order valence-electron chi connectivity index (χ3n) is 1.80. The molecule has 0 spiro atoms. The van der Waals surface area contributed by atoms with Crippen LogP contribution < -0.4 is 10.6 Å². The lowest BCUT2D eigenvalue weighted by Gasteiger charge is -2.20. The zero-order chi connectivity index (χ0) is 14.3. The molecule has 18 heavy (non-hydrogen) atoms. The van der Waals surface area contributed by atoms with Crippen LogP contribution in [0.15, 0.2) is 0 Å². The minimum absolute atomic E-state index is 0.0532. The number of nitrogens with one attached hydrogen (secondary N) is 2. The summed E-state index contributed by atoms with van der Waals surface area (Å²) in [6.07, 6.45) is 0.432. The van der Waals surface area contributed by atoms with Crippen LogP contribution in [-0.4, -0.2) is 39.6 Å². The molecule has 0 saturated carbocycles. The quantitative estimate of drug-likeness (QED) is 0.701. The van der Waals surface area contributed by atoms with Gasteiger partial charge in [0.25, 0.3) is 0 Å². The zero-order valence-electron chi connectivity index (χ0n) is 11.1. The highest BCUT2D eigenvalue weighted by Crippen LogP contribution is 2.14. The Balaban J connectivity index is 4.05. The Morgan fingerprint density at radius 1 is 1.28 bits per heavy atom. The number of amides is 3. The Morgan fingerprint density at radius 2 is 1.83 bits per heavy atom. The molecule has 0 bridgehead atoms. The Hall–Kier alpha value is -1.24. The van der Waals surface area contributed by atoms with Crippen molar-refractivity contribution in [3.05, 3.63) is 0 Å². The zero-order valence-corrected chi connectivity index (χ0v) is 11.9. The number of hydrogen-bond acceptors (Lipinski definition) is 4. The van der Waals surface area contributed by atoms with E-state index in [0.29, 0.717) is 6.42 Å². The molecule has 6 nitrogen and oxygen atoms in total. The van der Waals surface area contributed by atoms with Crippen LogP contribution >= 0.6 is 11.8 Å². The molecule has 0 aromatic rings. The lowest BCUT2D eigenvalue weighted by molar-refractivity contribution is -0.136. The van der Waals surface area contributed by atoms with Gasteiger partial charge >= 0.3 is 12.0 Å². The minimum atomic E-state index is -0.950. The number of carbonyl (C=O) groups excluding carboxylic acids is 2. The minimum Gasteiger partial charge on any atom is -0.480 e. The van der Waals surface area contributed by atoms with E-state index in [4.69, 9.17) is 5.11 Å². The number of thioether (sulfide) groups is 1. The standard InChI is InChI=1S/C11H20N2O4S/c1-5-7(9(15)16)18-6-8(14)12-10(17)13-11(2,3)4/h7H,5-6H2,1-4H3,(H,15,16)(H2,12,13,14,17). The van der Waals surface area contributed by atoms with Gasteiger partial charge in [-0.1, -0.05) is 6.92 Å². The van der Waals surface area contributed by atoms with Crippen molar-refractivity contribution in [1.82, 2.24) is 10.6 Å². The van der Waals surface area contributed by atoms with Gasteiger partial charge in [-0.2, -0.15) is 0 Å². The molecular formula is C11H20N2O4S. The first-order valence-electron chi connectivity index (χ1n) is 5.62. The number of hydrogen-bond donors (Lipinski definition) is 3. The smallest absolute Gasteiger partial charge is 0.321 e. The van der Waals surface area contributed by atoms with Crippen molar-refractivity contribution >= 4 is 29.7 Å². The van der Waals surface area contributed by atoms with Crippen molar-refractivity contribution in [3.8, 4) is 0 Å². The molecule has 0 fully saturated rings. The van der Waals surface area contributed by atoms with Gasteiger partial charge in [-0.05, 0) is 27.2 Å². The SMILES string of the molecule is CCC(SCC(=O)NC(=O)NC(C)(C)C)C(=O)O. The lowest BCUT2D eigenvalue weighted by Crippen LogP contribution is -2.48. The van der Waals surface area contributed by atoms with E-state index in [9.17, 15) is 14.4 Å². The number of carboxylic acids is 1. The highest BCUT2D eigenvalue weighted by atomic mass is 32.2. The van der Waals surface area contributed by atoms with Crippen LogP contribution in [0.1, 0.15) is 34.1 Å². The molecular weight excluding hydrogens is 256 g/mol. The summed E-state index contributed by atoms with van der Waals surface area (Å²) in [6.45, 7) is 7.12. The van der Waals surface area contributed by atoms with E-state index in [-0.39, 0.29) is 5.75 Å². The van der Waals surface area contributed by atoms with Crippen molar-refractivity contribution in [2.75, 3.05) is 5.75 Å². The Bertz CT molecular complexity index is 325. The molecule has 104 valence electrons. The predicted molar refractivity (Wildman–Crippen MR) is 70.6 cm³/mol.